The van der Waals surface area contributed by atoms with E-state index in [0.717, 1.165) is 100 Å². The van der Waals surface area contributed by atoms with E-state index in [0.29, 0.717) is 0 Å². The molecule has 4 nitrogen and oxygen atoms in total. The van der Waals surface area contributed by atoms with Crippen molar-refractivity contribution in [3.05, 3.63) is 194 Å². The van der Waals surface area contributed by atoms with Gasteiger partial charge in [0.25, 0.3) is 0 Å². The second-order valence-corrected chi connectivity index (χ2v) is 15.6. The number of benzene rings is 9. The van der Waals surface area contributed by atoms with Crippen molar-refractivity contribution in [2.75, 3.05) is 0 Å². The Balaban J connectivity index is 0.893. The van der Waals surface area contributed by atoms with Crippen molar-refractivity contribution in [2.45, 2.75) is 0 Å². The molecular weight excluding hydrogens is 721 g/mol. The van der Waals surface area contributed by atoms with Crippen LogP contribution in [0.2, 0.25) is 0 Å². The zero-order valence-electron chi connectivity index (χ0n) is 31.7. The lowest BCUT2D eigenvalue weighted by atomic mass is 9.50. The van der Waals surface area contributed by atoms with E-state index in [-0.39, 0.29) is 6.92 Å². The Hall–Kier alpha value is -7.76. The summed E-state index contributed by atoms with van der Waals surface area (Å²) in [5.74, 6) is 2.49. The standard InChI is InChI=1S/C54H32BNO3/c1-5-19-47-40(13-1)41-14-2-6-20-48(41)56(47)38-26-23-33(24-27-38)35-25-28-51-46(31-35)55-53-45(43-16-4-8-22-50(43)59-55)30-37(32-52(53)57-51)34-11-9-12-36(29-34)39-17-10-18-44-42-15-3-7-21-49(42)58-54(39)44/h1-32H. The van der Waals surface area contributed by atoms with E-state index in [9.17, 15) is 0 Å². The highest BCUT2D eigenvalue weighted by Gasteiger charge is 2.41. The molecule has 9 aromatic carbocycles. The molecule has 0 aliphatic carbocycles. The van der Waals surface area contributed by atoms with Crippen molar-refractivity contribution < 1.29 is 13.8 Å². The van der Waals surface area contributed by atoms with Gasteiger partial charge in [-0.05, 0) is 94.0 Å². The summed E-state index contributed by atoms with van der Waals surface area (Å²) < 4.78 is 22.5. The predicted octanol–water partition coefficient (Wildman–Crippen LogP) is 13.0. The van der Waals surface area contributed by atoms with Crippen molar-refractivity contribution >= 4 is 61.6 Å². The number of rotatable bonds is 4. The predicted molar refractivity (Wildman–Crippen MR) is 242 cm³/mol. The van der Waals surface area contributed by atoms with Crippen molar-refractivity contribution in [1.82, 2.24) is 4.57 Å². The molecule has 0 unspecified atom stereocenters. The minimum atomic E-state index is -0.318. The first-order chi connectivity index (χ1) is 29.2. The molecule has 0 atom stereocenters. The summed E-state index contributed by atoms with van der Waals surface area (Å²) in [7, 11) is 0. The molecule has 5 heteroatoms. The zero-order chi connectivity index (χ0) is 38.6. The molecular formula is C54H32BNO3. The SMILES string of the molecule is c1cc(-c2cc3c4c(c2)-c2ccccc2OB4c2cc(-c4ccc(-n5c6ccccc6c6ccccc65)cc4)ccc2O3)cc(-c2cccc3c2oc2ccccc23)c1. The van der Waals surface area contributed by atoms with Crippen molar-refractivity contribution in [3.63, 3.8) is 0 Å². The van der Waals surface area contributed by atoms with Crippen LogP contribution in [0, 0.1) is 0 Å². The quantitative estimate of drug-likeness (QED) is 0.168. The highest BCUT2D eigenvalue weighted by atomic mass is 16.5. The van der Waals surface area contributed by atoms with Crippen LogP contribution in [-0.2, 0) is 0 Å². The Morgan fingerprint density at radius 2 is 1.05 bits per heavy atom. The van der Waals surface area contributed by atoms with Gasteiger partial charge in [0.2, 0.25) is 0 Å². The van der Waals surface area contributed by atoms with Gasteiger partial charge in [0.1, 0.15) is 28.4 Å². The smallest absolute Gasteiger partial charge is 0.434 e. The van der Waals surface area contributed by atoms with Gasteiger partial charge in [0, 0.05) is 49.3 Å². The van der Waals surface area contributed by atoms with E-state index in [1.54, 1.807) is 0 Å². The molecule has 0 spiro atoms. The second kappa shape index (κ2) is 12.4. The number of para-hydroxylation sites is 5. The maximum atomic E-state index is 6.90. The Labute approximate surface area is 340 Å². The molecule has 13 rings (SSSR count). The van der Waals surface area contributed by atoms with Crippen LogP contribution in [-0.4, -0.2) is 11.5 Å². The van der Waals surface area contributed by atoms with E-state index >= 15 is 0 Å². The van der Waals surface area contributed by atoms with Gasteiger partial charge in [0.05, 0.1) is 11.0 Å². The summed E-state index contributed by atoms with van der Waals surface area (Å²) in [5, 5.41) is 4.76. The lowest BCUT2D eigenvalue weighted by Crippen LogP contribution is -2.53. The van der Waals surface area contributed by atoms with Gasteiger partial charge in [-0.2, -0.15) is 0 Å². The van der Waals surface area contributed by atoms with Crippen LogP contribution >= 0.6 is 0 Å². The third kappa shape index (κ3) is 4.85. The average molecular weight is 754 g/mol. The number of nitrogens with zero attached hydrogens (tertiary/aromatic N) is 1. The lowest BCUT2D eigenvalue weighted by Gasteiger charge is -2.33. The highest BCUT2D eigenvalue weighted by Crippen LogP contribution is 2.43. The summed E-state index contributed by atoms with van der Waals surface area (Å²) in [6.07, 6.45) is 0. The van der Waals surface area contributed by atoms with Crippen LogP contribution in [0.3, 0.4) is 0 Å². The fourth-order valence-electron chi connectivity index (χ4n) is 9.56. The third-order valence-corrected chi connectivity index (χ3v) is 12.3. The second-order valence-electron chi connectivity index (χ2n) is 15.6. The van der Waals surface area contributed by atoms with E-state index in [1.165, 1.54) is 21.8 Å². The molecule has 2 aliphatic rings. The van der Waals surface area contributed by atoms with Crippen LogP contribution in [0.4, 0.5) is 0 Å². The molecule has 11 aromatic rings. The molecule has 59 heavy (non-hydrogen) atoms. The van der Waals surface area contributed by atoms with Gasteiger partial charge >= 0.3 is 6.92 Å². The molecule has 0 bridgehead atoms. The molecule has 0 fully saturated rings. The first kappa shape index (κ1) is 32.3. The molecule has 2 aliphatic heterocycles. The molecule has 2 aromatic heterocycles. The fourth-order valence-corrected chi connectivity index (χ4v) is 9.56. The molecule has 4 heterocycles. The molecule has 0 amide bonds. The number of hydrogen-bond acceptors (Lipinski definition) is 3. The number of ether oxygens (including phenoxy) is 1. The summed E-state index contributed by atoms with van der Waals surface area (Å²) >= 11 is 0. The largest absolute Gasteiger partial charge is 0.551 e. The average Bonchev–Trinajstić information content (AvgIpc) is 3.85. The van der Waals surface area contributed by atoms with Gasteiger partial charge in [-0.3, -0.25) is 0 Å². The molecule has 0 radical (unpaired) electrons. The minimum absolute atomic E-state index is 0.318. The molecule has 0 N–H and O–H groups in total. The summed E-state index contributed by atoms with van der Waals surface area (Å²) in [5.41, 5.74) is 16.2. The van der Waals surface area contributed by atoms with Gasteiger partial charge in [-0.15, -0.1) is 0 Å². The number of fused-ring (bicyclic) bond motifs is 10. The monoisotopic (exact) mass is 753 g/mol. The Morgan fingerprint density at radius 3 is 1.90 bits per heavy atom. The minimum Gasteiger partial charge on any atom is -0.551 e. The Kier molecular flexibility index (Phi) is 6.78. The van der Waals surface area contributed by atoms with Gasteiger partial charge in [0.15, 0.2) is 0 Å². The number of hydrogen-bond donors (Lipinski definition) is 0. The fraction of sp³-hybridized carbons (Fsp3) is 0. The highest BCUT2D eigenvalue weighted by molar-refractivity contribution is 6.84. The zero-order valence-corrected chi connectivity index (χ0v) is 31.7. The van der Waals surface area contributed by atoms with Gasteiger partial charge in [-0.1, -0.05) is 133 Å². The van der Waals surface area contributed by atoms with Crippen LogP contribution < -0.4 is 20.3 Å². The van der Waals surface area contributed by atoms with Crippen LogP contribution in [0.15, 0.2) is 199 Å². The third-order valence-electron chi connectivity index (χ3n) is 12.3. The normalized spacial score (nSPS) is 12.6. The molecule has 0 saturated carbocycles. The first-order valence-electron chi connectivity index (χ1n) is 20.1. The van der Waals surface area contributed by atoms with Crippen LogP contribution in [0.1, 0.15) is 0 Å². The van der Waals surface area contributed by atoms with Gasteiger partial charge in [-0.25, -0.2) is 0 Å². The van der Waals surface area contributed by atoms with Crippen molar-refractivity contribution in [3.8, 4) is 67.4 Å². The van der Waals surface area contributed by atoms with Crippen LogP contribution in [0.5, 0.6) is 17.2 Å². The van der Waals surface area contributed by atoms with Crippen molar-refractivity contribution in [1.29, 1.82) is 0 Å². The van der Waals surface area contributed by atoms with E-state index < -0.39 is 0 Å². The lowest BCUT2D eigenvalue weighted by molar-refractivity contribution is 0.479. The topological polar surface area (TPSA) is 36.5 Å². The maximum absolute atomic E-state index is 6.90. The Morgan fingerprint density at radius 1 is 0.390 bits per heavy atom. The summed E-state index contributed by atoms with van der Waals surface area (Å²) in [6, 6.07) is 68.8. The summed E-state index contributed by atoms with van der Waals surface area (Å²) in [6.45, 7) is -0.318. The first-order valence-corrected chi connectivity index (χ1v) is 20.1. The van der Waals surface area contributed by atoms with Crippen LogP contribution in [0.25, 0.3) is 93.9 Å². The number of furan rings is 1. The summed E-state index contributed by atoms with van der Waals surface area (Å²) in [4.78, 5) is 0. The maximum Gasteiger partial charge on any atom is 0.434 e. The van der Waals surface area contributed by atoms with E-state index in [1.807, 2.05) is 18.2 Å². The van der Waals surface area contributed by atoms with E-state index in [2.05, 4.69) is 180 Å². The van der Waals surface area contributed by atoms with Gasteiger partial charge < -0.3 is 18.4 Å². The van der Waals surface area contributed by atoms with Crippen molar-refractivity contribution in [2.24, 2.45) is 0 Å². The molecule has 0 saturated heterocycles. The number of aromatic nitrogens is 1. The van der Waals surface area contributed by atoms with E-state index in [4.69, 9.17) is 13.8 Å². The molecule has 274 valence electrons. The Bertz CT molecular complexity index is 3470.